The molecule has 31 heavy (non-hydrogen) atoms. The molecule has 1 aromatic carbocycles. The highest BCUT2D eigenvalue weighted by molar-refractivity contribution is 7.89. The number of ether oxygens (including phenoxy) is 2. The first-order chi connectivity index (χ1) is 14.7. The Bertz CT molecular complexity index is 1060. The number of hydrogen-bond donors (Lipinski definition) is 2. The zero-order chi connectivity index (χ0) is 22.6. The summed E-state index contributed by atoms with van der Waals surface area (Å²) in [6.07, 6.45) is 1.17. The fourth-order valence-electron chi connectivity index (χ4n) is 3.29. The molecule has 2 aromatic rings. The second-order valence-corrected chi connectivity index (χ2v) is 9.49. The van der Waals surface area contributed by atoms with E-state index in [-0.39, 0.29) is 17.8 Å². The van der Waals surface area contributed by atoms with Crippen molar-refractivity contribution in [1.82, 2.24) is 15.3 Å². The van der Waals surface area contributed by atoms with Gasteiger partial charge in [-0.3, -0.25) is 0 Å². The van der Waals surface area contributed by atoms with E-state index in [1.165, 1.54) is 20.4 Å². The highest BCUT2D eigenvalue weighted by atomic mass is 32.2. The molecular weight excluding hydrogens is 422 g/mol. The summed E-state index contributed by atoms with van der Waals surface area (Å²) in [5, 5.41) is 5.17. The number of rotatable bonds is 6. The largest absolute Gasteiger partial charge is 0.495 e. The molecule has 1 aliphatic rings. The Morgan fingerprint density at radius 2 is 2.10 bits per heavy atom. The SMILES string of the molecule is CNC(=O)Nc1ccc(-c2nc(CS(C)(=O)=O)cc(N3CCOC[C@H]3C)n2)cc1OC. The van der Waals surface area contributed by atoms with Gasteiger partial charge in [0.05, 0.1) is 43.5 Å². The number of hydrogen-bond acceptors (Lipinski definition) is 8. The predicted octanol–water partition coefficient (Wildman–Crippen LogP) is 1.67. The van der Waals surface area contributed by atoms with Gasteiger partial charge >= 0.3 is 6.03 Å². The normalized spacial score (nSPS) is 16.6. The van der Waals surface area contributed by atoms with E-state index in [2.05, 4.69) is 20.5 Å². The number of carbonyl (C=O) groups is 1. The lowest BCUT2D eigenvalue weighted by Crippen LogP contribution is -2.44. The molecule has 1 atom stereocenters. The summed E-state index contributed by atoms with van der Waals surface area (Å²) < 4.78 is 34.7. The molecule has 1 fully saturated rings. The maximum Gasteiger partial charge on any atom is 0.319 e. The minimum Gasteiger partial charge on any atom is -0.495 e. The molecule has 1 aromatic heterocycles. The van der Waals surface area contributed by atoms with Crippen LogP contribution in [0.4, 0.5) is 16.3 Å². The number of amides is 2. The minimum absolute atomic E-state index is 0.0938. The predicted molar refractivity (Wildman–Crippen MR) is 118 cm³/mol. The van der Waals surface area contributed by atoms with Gasteiger partial charge in [-0.1, -0.05) is 0 Å². The van der Waals surface area contributed by atoms with Gasteiger partial charge in [0.15, 0.2) is 15.7 Å². The zero-order valence-electron chi connectivity index (χ0n) is 18.0. The van der Waals surface area contributed by atoms with Gasteiger partial charge in [0.2, 0.25) is 0 Å². The smallest absolute Gasteiger partial charge is 0.319 e. The molecule has 0 radical (unpaired) electrons. The highest BCUT2D eigenvalue weighted by Gasteiger charge is 2.23. The van der Waals surface area contributed by atoms with Crippen molar-refractivity contribution in [2.45, 2.75) is 18.7 Å². The molecule has 0 unspecified atom stereocenters. The number of anilines is 2. The number of nitrogens with zero attached hydrogens (tertiary/aromatic N) is 3. The maximum atomic E-state index is 11.9. The van der Waals surface area contributed by atoms with Gasteiger partial charge in [-0.15, -0.1) is 0 Å². The third-order valence-electron chi connectivity index (χ3n) is 4.77. The number of methoxy groups -OCH3 is 1. The summed E-state index contributed by atoms with van der Waals surface area (Å²) in [6.45, 7) is 3.81. The Hall–Kier alpha value is -2.92. The average Bonchev–Trinajstić information content (AvgIpc) is 2.72. The van der Waals surface area contributed by atoms with Gasteiger partial charge in [-0.2, -0.15) is 0 Å². The minimum atomic E-state index is -3.29. The lowest BCUT2D eigenvalue weighted by atomic mass is 10.1. The number of morpholine rings is 1. The summed E-state index contributed by atoms with van der Waals surface area (Å²) in [7, 11) is -0.270. The molecule has 1 saturated heterocycles. The average molecular weight is 450 g/mol. The Balaban J connectivity index is 2.05. The topological polar surface area (TPSA) is 123 Å². The van der Waals surface area contributed by atoms with Crippen LogP contribution in [-0.4, -0.2) is 70.6 Å². The molecule has 3 rings (SSSR count). The first-order valence-electron chi connectivity index (χ1n) is 9.77. The van der Waals surface area contributed by atoms with Crippen molar-refractivity contribution in [2.75, 3.05) is 50.4 Å². The van der Waals surface area contributed by atoms with E-state index >= 15 is 0 Å². The molecule has 2 amide bonds. The number of aromatic nitrogens is 2. The number of nitrogens with one attached hydrogen (secondary N) is 2. The summed E-state index contributed by atoms with van der Waals surface area (Å²) in [5.74, 6) is 1.26. The van der Waals surface area contributed by atoms with Crippen molar-refractivity contribution >= 4 is 27.4 Å². The van der Waals surface area contributed by atoms with Gasteiger partial charge in [0.25, 0.3) is 0 Å². The number of urea groups is 1. The molecule has 10 nitrogen and oxygen atoms in total. The van der Waals surface area contributed by atoms with Crippen LogP contribution >= 0.6 is 0 Å². The van der Waals surface area contributed by atoms with Crippen LogP contribution in [0.5, 0.6) is 5.75 Å². The molecular formula is C20H27N5O5S. The first-order valence-corrected chi connectivity index (χ1v) is 11.8. The van der Waals surface area contributed by atoms with Crippen molar-refractivity contribution in [1.29, 1.82) is 0 Å². The molecule has 0 bridgehead atoms. The van der Waals surface area contributed by atoms with Crippen molar-refractivity contribution in [3.63, 3.8) is 0 Å². The van der Waals surface area contributed by atoms with Crippen molar-refractivity contribution in [2.24, 2.45) is 0 Å². The van der Waals surface area contributed by atoms with Crippen LogP contribution in [0, 0.1) is 0 Å². The first kappa shape index (κ1) is 22.8. The molecule has 2 N–H and O–H groups in total. The third-order valence-corrected chi connectivity index (χ3v) is 5.59. The van der Waals surface area contributed by atoms with E-state index in [1.807, 2.05) is 6.92 Å². The van der Waals surface area contributed by atoms with Gasteiger partial charge in [-0.25, -0.2) is 23.2 Å². The van der Waals surface area contributed by atoms with E-state index in [1.54, 1.807) is 24.3 Å². The van der Waals surface area contributed by atoms with E-state index < -0.39 is 9.84 Å². The van der Waals surface area contributed by atoms with E-state index in [0.29, 0.717) is 54.1 Å². The summed E-state index contributed by atoms with van der Waals surface area (Å²) in [5.41, 5.74) is 1.53. The second kappa shape index (κ2) is 9.48. The van der Waals surface area contributed by atoms with Crippen molar-refractivity contribution in [3.05, 3.63) is 30.0 Å². The Labute approximate surface area is 181 Å². The van der Waals surface area contributed by atoms with Crippen molar-refractivity contribution < 1.29 is 22.7 Å². The van der Waals surface area contributed by atoms with E-state index in [4.69, 9.17) is 14.5 Å². The van der Waals surface area contributed by atoms with E-state index in [9.17, 15) is 13.2 Å². The molecule has 11 heteroatoms. The lowest BCUT2D eigenvalue weighted by Gasteiger charge is -2.34. The maximum absolute atomic E-state index is 11.9. The number of carbonyl (C=O) groups excluding carboxylic acids is 1. The summed E-state index contributed by atoms with van der Waals surface area (Å²) >= 11 is 0. The number of benzene rings is 1. The molecule has 0 spiro atoms. The van der Waals surface area contributed by atoms with Gasteiger partial charge in [0, 0.05) is 31.5 Å². The van der Waals surface area contributed by atoms with Gasteiger partial charge in [0.1, 0.15) is 11.6 Å². The fourth-order valence-corrected chi connectivity index (χ4v) is 3.97. The monoisotopic (exact) mass is 449 g/mol. The van der Waals surface area contributed by atoms with Crippen LogP contribution in [-0.2, 0) is 20.3 Å². The summed E-state index contributed by atoms with van der Waals surface area (Å²) in [6, 6.07) is 6.58. The van der Waals surface area contributed by atoms with E-state index in [0.717, 1.165) is 0 Å². The second-order valence-electron chi connectivity index (χ2n) is 7.35. The molecule has 0 saturated carbocycles. The van der Waals surface area contributed by atoms with Crippen molar-refractivity contribution in [3.8, 4) is 17.1 Å². The third kappa shape index (κ3) is 5.82. The van der Waals surface area contributed by atoms with Crippen LogP contribution in [0.2, 0.25) is 0 Å². The molecule has 1 aliphatic heterocycles. The van der Waals surface area contributed by atoms with Gasteiger partial charge < -0.3 is 25.0 Å². The summed E-state index contributed by atoms with van der Waals surface area (Å²) in [4.78, 5) is 22.9. The zero-order valence-corrected chi connectivity index (χ0v) is 18.8. The Morgan fingerprint density at radius 1 is 1.32 bits per heavy atom. The Morgan fingerprint density at radius 3 is 2.74 bits per heavy atom. The molecule has 2 heterocycles. The van der Waals surface area contributed by atoms with Crippen LogP contribution < -0.4 is 20.3 Å². The molecule has 0 aliphatic carbocycles. The number of sulfone groups is 1. The Kier molecular flexibility index (Phi) is 6.96. The van der Waals surface area contributed by atoms with Crippen LogP contribution in [0.1, 0.15) is 12.6 Å². The van der Waals surface area contributed by atoms with Gasteiger partial charge in [-0.05, 0) is 25.1 Å². The quantitative estimate of drug-likeness (QED) is 0.683. The van der Waals surface area contributed by atoms with Crippen LogP contribution in [0.15, 0.2) is 24.3 Å². The molecule has 168 valence electrons. The van der Waals surface area contributed by atoms with Crippen LogP contribution in [0.25, 0.3) is 11.4 Å². The van der Waals surface area contributed by atoms with Crippen LogP contribution in [0.3, 0.4) is 0 Å². The standard InChI is InChI=1S/C20H27N5O5S/c1-13-11-30-8-7-25(13)18-10-15(12-31(4,27)28)22-19(24-18)14-5-6-16(17(9-14)29-3)23-20(26)21-2/h5-6,9-10,13H,7-8,11-12H2,1-4H3,(H2,21,23,26)/t13-/m1/s1. The lowest BCUT2D eigenvalue weighted by molar-refractivity contribution is 0.0985. The fraction of sp³-hybridized carbons (Fsp3) is 0.450. The highest BCUT2D eigenvalue weighted by Crippen LogP contribution is 2.31.